The van der Waals surface area contributed by atoms with Gasteiger partial charge in [0.25, 0.3) is 11.6 Å². The van der Waals surface area contributed by atoms with Crippen molar-refractivity contribution >= 4 is 32.3 Å². The van der Waals surface area contributed by atoms with E-state index in [1.807, 2.05) is 133 Å². The van der Waals surface area contributed by atoms with E-state index >= 15 is 0 Å². The Morgan fingerprint density at radius 1 is 0.261 bits per heavy atom. The molecule has 14 aromatic rings. The molecule has 14 rings (SSSR count). The quantitative estimate of drug-likeness (QED) is 0.0218. The smallest absolute Gasteiger partial charge is 0.453 e. The SMILES string of the molecule is C[Si](C)(C)CCOCn1nc(-c2ccc(-c3ccc(O)cc3)cc2)nc1C(F)(F)F.C[Si](C)(C)CCOCn1nc(-c2ccc(-c3ccc(OCc4ccccc4)cc3)cc2)nc1C(F)(F)F.C[Si](C)(C)CCOCn1nc(C(F)(F)F)nc1-c1ccc(-c2ccc(O)cc2)cc1.C[Si](C)(C)CCOCn1nc(C(F)(F)F)nc1-c1ccc(-c2ccc(OCc3ccccc3)cc2)cc1. The summed E-state index contributed by atoms with van der Waals surface area (Å²) >= 11 is 0. The van der Waals surface area contributed by atoms with Gasteiger partial charge in [0.15, 0.2) is 23.3 Å². The van der Waals surface area contributed by atoms with E-state index in [2.05, 4.69) is 119 Å². The van der Waals surface area contributed by atoms with Gasteiger partial charge in [-0.25, -0.2) is 38.7 Å². The molecule has 0 unspecified atom stereocenters. The van der Waals surface area contributed by atoms with Crippen molar-refractivity contribution in [2.75, 3.05) is 26.4 Å². The maximum absolute atomic E-state index is 13.6. The van der Waals surface area contributed by atoms with Crippen molar-refractivity contribution in [1.82, 2.24) is 59.1 Å². The highest BCUT2D eigenvalue weighted by Crippen LogP contribution is 2.38. The van der Waals surface area contributed by atoms with Gasteiger partial charge < -0.3 is 38.6 Å². The summed E-state index contributed by atoms with van der Waals surface area (Å²) in [5, 5.41) is 34.2. The van der Waals surface area contributed by atoms with Crippen LogP contribution in [-0.4, -0.2) is 128 Å². The van der Waals surface area contributed by atoms with Gasteiger partial charge in [-0.1, -0.05) is 285 Å². The average Bonchev–Trinajstić information content (AvgIpc) is 1.68. The number of phenolic OH excluding ortho intramolecular Hbond substituents is 2. The number of rotatable bonds is 34. The van der Waals surface area contributed by atoms with Crippen LogP contribution in [0.4, 0.5) is 52.7 Å². The van der Waals surface area contributed by atoms with Crippen LogP contribution >= 0.6 is 0 Å². The Morgan fingerprint density at radius 3 is 0.739 bits per heavy atom. The summed E-state index contributed by atoms with van der Waals surface area (Å²) in [6.07, 6.45) is -18.5. The number of nitrogens with zero attached hydrogens (tertiary/aromatic N) is 12. The third kappa shape index (κ3) is 32.0. The van der Waals surface area contributed by atoms with Gasteiger partial charge in [0.1, 0.15) is 63.1 Å². The molecule has 0 aliphatic carbocycles. The Balaban J connectivity index is 0.000000173. The zero-order chi connectivity index (χ0) is 96.8. The summed E-state index contributed by atoms with van der Waals surface area (Å²) in [5.74, 6) is -2.43. The molecule has 0 aliphatic rings. The van der Waals surface area contributed by atoms with E-state index in [0.29, 0.717) is 61.9 Å². The molecule has 708 valence electrons. The van der Waals surface area contributed by atoms with Crippen LogP contribution in [0.3, 0.4) is 0 Å². The zero-order valence-electron chi connectivity index (χ0n) is 76.4. The second-order valence-electron chi connectivity index (χ2n) is 36.4. The van der Waals surface area contributed by atoms with E-state index in [4.69, 9.17) is 28.4 Å². The number of hydrogen-bond acceptors (Lipinski definition) is 16. The zero-order valence-corrected chi connectivity index (χ0v) is 80.4. The Kier molecular flexibility index (Phi) is 34.6. The van der Waals surface area contributed by atoms with Crippen LogP contribution < -0.4 is 9.47 Å². The van der Waals surface area contributed by atoms with E-state index in [9.17, 15) is 62.9 Å². The fraction of sp³-hybridized carbons (Fsp3) is 0.306. The van der Waals surface area contributed by atoms with Gasteiger partial charge in [-0.3, -0.25) is 0 Å². The second kappa shape index (κ2) is 45.2. The fourth-order valence-corrected chi connectivity index (χ4v) is 15.7. The van der Waals surface area contributed by atoms with Gasteiger partial charge in [-0.15, -0.1) is 20.4 Å². The molecule has 0 fully saturated rings. The molecular formula is C98H108F12N12O8Si4. The topological polar surface area (TPSA) is 219 Å². The molecule has 4 aromatic heterocycles. The molecule has 20 nitrogen and oxygen atoms in total. The lowest BCUT2D eigenvalue weighted by molar-refractivity contribution is -0.151. The number of alkyl halides is 12. The Morgan fingerprint density at radius 2 is 0.493 bits per heavy atom. The largest absolute Gasteiger partial charge is 0.508 e. The summed E-state index contributed by atoms with van der Waals surface area (Å²) in [4.78, 5) is 15.0. The third-order valence-corrected chi connectivity index (χ3v) is 27.2. The number of halogens is 12. The maximum atomic E-state index is 13.6. The van der Waals surface area contributed by atoms with Gasteiger partial charge in [0.2, 0.25) is 11.6 Å². The number of aromatic hydroxyl groups is 2. The monoisotopic (exact) mass is 1920 g/mol. The van der Waals surface area contributed by atoms with Crippen molar-refractivity contribution in [3.8, 4) is 113 Å². The molecule has 0 radical (unpaired) electrons. The first-order valence-electron chi connectivity index (χ1n) is 43.2. The molecule has 36 heteroatoms. The molecular weight excluding hydrogens is 1810 g/mol. The van der Waals surface area contributed by atoms with Crippen molar-refractivity contribution < 1.29 is 91.3 Å². The molecule has 4 heterocycles. The fourth-order valence-electron chi connectivity index (χ4n) is 12.7. The Labute approximate surface area is 774 Å². The molecule has 0 saturated heterocycles. The van der Waals surface area contributed by atoms with Crippen molar-refractivity contribution in [3.63, 3.8) is 0 Å². The van der Waals surface area contributed by atoms with E-state index in [0.717, 1.165) is 105 Å². The van der Waals surface area contributed by atoms with Crippen LogP contribution in [-0.2, 0) is 83.8 Å². The summed E-state index contributed by atoms with van der Waals surface area (Å²) in [6.45, 7) is 28.3. The van der Waals surface area contributed by atoms with Gasteiger partial charge in [-0.2, -0.15) is 52.7 Å². The molecule has 134 heavy (non-hydrogen) atoms. The first kappa shape index (κ1) is 102. The van der Waals surface area contributed by atoms with E-state index in [1.165, 1.54) is 4.68 Å². The van der Waals surface area contributed by atoms with Crippen molar-refractivity contribution in [1.29, 1.82) is 0 Å². The summed E-state index contributed by atoms with van der Waals surface area (Å²) in [5.41, 5.74) is 11.5. The van der Waals surface area contributed by atoms with Crippen molar-refractivity contribution in [2.45, 2.75) is 168 Å². The molecule has 10 aromatic carbocycles. The van der Waals surface area contributed by atoms with Crippen molar-refractivity contribution in [3.05, 3.63) is 289 Å². The highest BCUT2D eigenvalue weighted by molar-refractivity contribution is 6.77. The van der Waals surface area contributed by atoms with Gasteiger partial charge in [-0.05, 0) is 128 Å². The second-order valence-corrected chi connectivity index (χ2v) is 58.9. The lowest BCUT2D eigenvalue weighted by Crippen LogP contribution is -2.23. The van der Waals surface area contributed by atoms with Crippen molar-refractivity contribution in [2.24, 2.45) is 0 Å². The number of benzene rings is 10. The van der Waals surface area contributed by atoms with Gasteiger partial charge >= 0.3 is 24.7 Å². The maximum Gasteiger partial charge on any atom is 0.453 e. The van der Waals surface area contributed by atoms with Crippen LogP contribution in [0, 0.1) is 0 Å². The van der Waals surface area contributed by atoms with Crippen LogP contribution in [0.25, 0.3) is 90.1 Å². The van der Waals surface area contributed by atoms with Crippen LogP contribution in [0.5, 0.6) is 23.0 Å². The number of phenols is 2. The predicted octanol–water partition coefficient (Wildman–Crippen LogP) is 26.3. The molecule has 2 N–H and O–H groups in total. The lowest BCUT2D eigenvalue weighted by atomic mass is 10.0. The lowest BCUT2D eigenvalue weighted by Gasteiger charge is -2.15. The van der Waals surface area contributed by atoms with Crippen LogP contribution in [0.1, 0.15) is 34.4 Å². The number of hydrogen-bond donors (Lipinski definition) is 2. The van der Waals surface area contributed by atoms with Gasteiger partial charge in [0.05, 0.1) is 0 Å². The average molecular weight is 1920 g/mol. The van der Waals surface area contributed by atoms with Crippen LogP contribution in [0.15, 0.2) is 255 Å². The molecule has 0 bridgehead atoms. The normalized spacial score (nSPS) is 12.2. The summed E-state index contributed by atoms with van der Waals surface area (Å²) in [7, 11) is -5.31. The Hall–Kier alpha value is -12.2. The first-order chi connectivity index (χ1) is 63.2. The third-order valence-electron chi connectivity index (χ3n) is 20.4. The molecule has 0 spiro atoms. The highest BCUT2D eigenvalue weighted by atomic mass is 28.3. The minimum atomic E-state index is -4.64. The number of ether oxygens (including phenoxy) is 6. The summed E-state index contributed by atoms with van der Waals surface area (Å²) in [6, 6.07) is 80.3. The minimum absolute atomic E-state index is 0.00613. The van der Waals surface area contributed by atoms with Crippen LogP contribution in [0.2, 0.25) is 103 Å². The minimum Gasteiger partial charge on any atom is -0.508 e. The predicted molar refractivity (Wildman–Crippen MR) is 505 cm³/mol. The van der Waals surface area contributed by atoms with E-state index in [-0.39, 0.29) is 61.7 Å². The number of aromatic nitrogens is 12. The first-order valence-corrected chi connectivity index (χ1v) is 58.0. The Bertz CT molecular complexity index is 5990. The van der Waals surface area contributed by atoms with E-state index in [1.54, 1.807) is 121 Å². The summed E-state index contributed by atoms with van der Waals surface area (Å²) < 4.78 is 198. The molecule has 0 amide bonds. The molecule has 0 saturated carbocycles. The molecule has 0 aliphatic heterocycles. The van der Waals surface area contributed by atoms with E-state index < -0.39 is 80.3 Å². The standard InChI is InChI=1S/2C28H30F3N3O2Si.2C21H24F3N3O2Si/c1-37(2,3)18-17-35-20-34-26(32-27(33-34)28(29,30)31)24-11-9-22(10-12-24)23-13-15-25(16-14-23)36-19-21-7-5-4-6-8-21;1-37(2,3)18-17-35-20-34-27(28(29,30)31)32-26(33-34)24-11-9-22(10-12-24)23-13-15-25(16-14-23)36-19-21-7-5-4-6-8-21;1-30(2,3)13-12-29-14-27-19(25-20(26-27)21(22,23)24)17-6-4-15(5-7-17)16-8-10-18(28)11-9-16;1-30(2,3)13-12-29-14-27-20(21(22,23)24)25-19(26-27)17-6-4-15(5-7-17)16-8-10-18(28)11-9-16/h2*4-16H,17-20H2,1-3H3;2*4-11,28H,12-14H2,1-3H3. The van der Waals surface area contributed by atoms with Gasteiger partial charge in [0, 0.05) is 81.0 Å². The molecule has 0 atom stereocenters. The highest BCUT2D eigenvalue weighted by Gasteiger charge is 2.42.